The molecule has 0 amide bonds. The van der Waals surface area contributed by atoms with Gasteiger partial charge in [-0.05, 0) is 12.8 Å². The highest BCUT2D eigenvalue weighted by Crippen LogP contribution is 2.34. The van der Waals surface area contributed by atoms with Gasteiger partial charge >= 0.3 is 0 Å². The van der Waals surface area contributed by atoms with E-state index in [2.05, 4.69) is 10.4 Å². The van der Waals surface area contributed by atoms with E-state index in [1.165, 1.54) is 7.05 Å². The predicted molar refractivity (Wildman–Crippen MR) is 59.5 cm³/mol. The van der Waals surface area contributed by atoms with Gasteiger partial charge < -0.3 is 11.1 Å². The minimum atomic E-state index is 0.0536. The average Bonchev–Trinajstić information content (AvgIpc) is 3.00. The van der Waals surface area contributed by atoms with Crippen molar-refractivity contribution >= 4 is 5.70 Å². The molecule has 0 unspecified atom stereocenters. The maximum absolute atomic E-state index is 13.0. The van der Waals surface area contributed by atoms with Gasteiger partial charge in [0.2, 0.25) is 0 Å². The van der Waals surface area contributed by atoms with Crippen LogP contribution in [0.2, 0.25) is 0 Å². The lowest BCUT2D eigenvalue weighted by molar-refractivity contribution is 0.106. The Morgan fingerprint density at radius 3 is 2.88 bits per heavy atom. The first-order chi connectivity index (χ1) is 7.63. The van der Waals surface area contributed by atoms with Crippen LogP contribution in [0.5, 0.6) is 0 Å². The first kappa shape index (κ1) is 10.8. The van der Waals surface area contributed by atoms with Crippen molar-refractivity contribution in [2.75, 3.05) is 14.1 Å². The van der Waals surface area contributed by atoms with E-state index in [4.69, 9.17) is 5.73 Å². The highest BCUT2D eigenvalue weighted by molar-refractivity contribution is 5.64. The Hall–Kier alpha value is -1.72. The Kier molecular flexibility index (Phi) is 2.72. The van der Waals surface area contributed by atoms with Crippen LogP contribution in [0, 0.1) is 0 Å². The van der Waals surface area contributed by atoms with E-state index in [1.54, 1.807) is 13.2 Å². The highest BCUT2D eigenvalue weighted by atomic mass is 19.2. The summed E-state index contributed by atoms with van der Waals surface area (Å²) in [5.41, 5.74) is 6.99. The molecular formula is C10H16FN5. The molecule has 6 heteroatoms. The summed E-state index contributed by atoms with van der Waals surface area (Å²) < 4.78 is 14.9. The number of hydrogen-bond donors (Lipinski definition) is 2. The van der Waals surface area contributed by atoms with E-state index >= 15 is 0 Å². The number of rotatable bonds is 4. The zero-order valence-corrected chi connectivity index (χ0v) is 9.44. The monoisotopic (exact) mass is 225 g/mol. The van der Waals surface area contributed by atoms with Gasteiger partial charge in [0.05, 0.1) is 17.9 Å². The van der Waals surface area contributed by atoms with Crippen LogP contribution in [-0.4, -0.2) is 29.0 Å². The van der Waals surface area contributed by atoms with Crippen molar-refractivity contribution in [1.29, 1.82) is 0 Å². The Labute approximate surface area is 93.6 Å². The molecule has 2 rings (SSSR count). The molecule has 1 fully saturated rings. The molecule has 0 radical (unpaired) electrons. The van der Waals surface area contributed by atoms with Crippen molar-refractivity contribution in [3.63, 3.8) is 0 Å². The molecule has 0 aromatic carbocycles. The molecule has 88 valence electrons. The first-order valence-electron chi connectivity index (χ1n) is 5.25. The van der Waals surface area contributed by atoms with Gasteiger partial charge in [-0.25, -0.2) is 0 Å². The molecule has 1 saturated carbocycles. The Morgan fingerprint density at radius 1 is 1.69 bits per heavy atom. The van der Waals surface area contributed by atoms with E-state index in [0.29, 0.717) is 16.9 Å². The molecule has 3 N–H and O–H groups in total. The summed E-state index contributed by atoms with van der Waals surface area (Å²) >= 11 is 0. The highest BCUT2D eigenvalue weighted by Gasteiger charge is 2.24. The largest absolute Gasteiger partial charge is 0.385 e. The van der Waals surface area contributed by atoms with Gasteiger partial charge in [-0.1, -0.05) is 4.48 Å². The number of aromatic nitrogens is 2. The van der Waals surface area contributed by atoms with Crippen molar-refractivity contribution in [2.24, 2.45) is 5.73 Å². The summed E-state index contributed by atoms with van der Waals surface area (Å²) in [5.74, 6) is 0.0536. The molecule has 0 bridgehead atoms. The molecule has 1 aliphatic carbocycles. The second-order valence-electron chi connectivity index (χ2n) is 3.93. The van der Waals surface area contributed by atoms with Gasteiger partial charge in [-0.3, -0.25) is 4.68 Å². The quantitative estimate of drug-likeness (QED) is 0.745. The average molecular weight is 225 g/mol. The van der Waals surface area contributed by atoms with E-state index in [-0.39, 0.29) is 5.82 Å². The van der Waals surface area contributed by atoms with Gasteiger partial charge in [0.25, 0.3) is 0 Å². The molecular weight excluding hydrogens is 209 g/mol. The van der Waals surface area contributed by atoms with E-state index < -0.39 is 0 Å². The molecule has 1 aromatic rings. The number of nitrogens with one attached hydrogen (secondary N) is 1. The fourth-order valence-electron chi connectivity index (χ4n) is 1.58. The maximum atomic E-state index is 13.0. The minimum absolute atomic E-state index is 0.0536. The second-order valence-corrected chi connectivity index (χ2v) is 3.93. The van der Waals surface area contributed by atoms with Crippen LogP contribution in [0.3, 0.4) is 0 Å². The number of hydrogen-bond acceptors (Lipinski definition) is 4. The molecule has 0 spiro atoms. The third kappa shape index (κ3) is 1.95. The SMILES string of the molecule is CN/C(=C(/N)N(C)F)c1cnn(C2CC2)c1. The Morgan fingerprint density at radius 2 is 2.38 bits per heavy atom. The summed E-state index contributed by atoms with van der Waals surface area (Å²) in [6.07, 6.45) is 5.91. The van der Waals surface area contributed by atoms with E-state index in [9.17, 15) is 4.48 Å². The lowest BCUT2D eigenvalue weighted by Gasteiger charge is -2.13. The van der Waals surface area contributed by atoms with Crippen LogP contribution >= 0.6 is 0 Å². The van der Waals surface area contributed by atoms with Crippen LogP contribution in [-0.2, 0) is 0 Å². The molecule has 5 nitrogen and oxygen atoms in total. The summed E-state index contributed by atoms with van der Waals surface area (Å²) in [4.78, 5) is 0. The van der Waals surface area contributed by atoms with Crippen LogP contribution in [0.15, 0.2) is 18.2 Å². The van der Waals surface area contributed by atoms with Crippen molar-refractivity contribution in [2.45, 2.75) is 18.9 Å². The van der Waals surface area contributed by atoms with Gasteiger partial charge in [-0.15, -0.1) is 0 Å². The summed E-state index contributed by atoms with van der Waals surface area (Å²) in [7, 11) is 2.97. The lowest BCUT2D eigenvalue weighted by atomic mass is 10.2. The maximum Gasteiger partial charge on any atom is 0.152 e. The van der Waals surface area contributed by atoms with Gasteiger partial charge in [-0.2, -0.15) is 10.2 Å². The first-order valence-corrected chi connectivity index (χ1v) is 5.25. The normalized spacial score (nSPS) is 16.9. The molecule has 1 aromatic heterocycles. The van der Waals surface area contributed by atoms with Crippen LogP contribution in [0.4, 0.5) is 4.48 Å². The number of nitrogens with two attached hydrogens (primary N) is 1. The summed E-state index contributed by atoms with van der Waals surface area (Å²) in [6, 6.07) is 0.510. The topological polar surface area (TPSA) is 59.1 Å². The van der Waals surface area contributed by atoms with Crippen LogP contribution in [0.25, 0.3) is 5.70 Å². The zero-order chi connectivity index (χ0) is 11.7. The minimum Gasteiger partial charge on any atom is -0.385 e. The predicted octanol–water partition coefficient (Wildman–Crippen LogP) is 0.838. The van der Waals surface area contributed by atoms with Gasteiger partial charge in [0.15, 0.2) is 5.82 Å². The second kappa shape index (κ2) is 4.03. The van der Waals surface area contributed by atoms with E-state index in [0.717, 1.165) is 18.4 Å². The number of nitrogens with zero attached hydrogens (tertiary/aromatic N) is 3. The van der Waals surface area contributed by atoms with Crippen molar-refractivity contribution in [3.05, 3.63) is 23.8 Å². The third-order valence-corrected chi connectivity index (χ3v) is 2.65. The molecule has 1 heterocycles. The summed E-state index contributed by atoms with van der Waals surface area (Å²) in [6.45, 7) is 0. The van der Waals surface area contributed by atoms with Crippen LogP contribution in [0.1, 0.15) is 24.4 Å². The van der Waals surface area contributed by atoms with Crippen LogP contribution < -0.4 is 11.1 Å². The molecule has 0 saturated heterocycles. The van der Waals surface area contributed by atoms with Crippen molar-refractivity contribution < 1.29 is 4.48 Å². The lowest BCUT2D eigenvalue weighted by Crippen LogP contribution is -2.21. The standard InChI is InChI=1S/C10H16FN5/c1-13-9(10(12)15(2)11)7-5-14-16(6-7)8-3-4-8/h5-6,8,13H,3-4,12H2,1-2H3/b10-9-. The fourth-order valence-corrected chi connectivity index (χ4v) is 1.58. The van der Waals surface area contributed by atoms with Gasteiger partial charge in [0.1, 0.15) is 0 Å². The summed E-state index contributed by atoms with van der Waals surface area (Å²) in [5, 5.41) is 7.52. The number of halogens is 1. The Bertz CT molecular complexity index is 405. The van der Waals surface area contributed by atoms with Crippen molar-refractivity contribution in [3.8, 4) is 0 Å². The smallest absolute Gasteiger partial charge is 0.152 e. The third-order valence-electron chi connectivity index (χ3n) is 2.65. The van der Waals surface area contributed by atoms with Gasteiger partial charge in [0, 0.05) is 25.9 Å². The molecule has 16 heavy (non-hydrogen) atoms. The molecule has 0 atom stereocenters. The van der Waals surface area contributed by atoms with E-state index in [1.807, 2.05) is 10.9 Å². The Balaban J connectivity index is 2.28. The molecule has 0 aliphatic heterocycles. The fraction of sp³-hybridized carbons (Fsp3) is 0.500. The molecule has 1 aliphatic rings. The zero-order valence-electron chi connectivity index (χ0n) is 9.44. The van der Waals surface area contributed by atoms with Crippen molar-refractivity contribution in [1.82, 2.24) is 20.2 Å².